The first-order valence-corrected chi connectivity index (χ1v) is 7.22. The van der Waals surface area contributed by atoms with Gasteiger partial charge in [0.15, 0.2) is 0 Å². The Balaban J connectivity index is 1.64. The fourth-order valence-corrected chi connectivity index (χ4v) is 2.51. The fourth-order valence-electron chi connectivity index (χ4n) is 2.51. The number of pyridine rings is 1. The van der Waals surface area contributed by atoms with E-state index in [1.165, 1.54) is 38.5 Å². The molecule has 1 aliphatic carbocycles. The van der Waals surface area contributed by atoms with E-state index < -0.39 is 0 Å². The first-order valence-electron chi connectivity index (χ1n) is 7.22. The predicted molar refractivity (Wildman–Crippen MR) is 76.9 cm³/mol. The molecular formula is C15H22N4. The molecule has 0 bridgehead atoms. The number of hydrogen-bond donors (Lipinski definition) is 2. The minimum absolute atomic E-state index is 0.599. The number of rotatable bonds is 5. The van der Waals surface area contributed by atoms with Gasteiger partial charge in [-0.05, 0) is 25.0 Å². The zero-order valence-electron chi connectivity index (χ0n) is 11.4. The standard InChI is InChI=1S/C15H22N4/c16-11-13-7-8-15(19-12-13)18-10-9-17-14-5-3-1-2-4-6-14/h7-8,12,14,17H,1-6,9-10H2,(H,18,19). The van der Waals surface area contributed by atoms with Crippen LogP contribution in [0.15, 0.2) is 18.3 Å². The average Bonchev–Trinajstić information content (AvgIpc) is 2.73. The highest BCUT2D eigenvalue weighted by atomic mass is 15.0. The lowest BCUT2D eigenvalue weighted by atomic mass is 10.1. The molecule has 0 atom stereocenters. The SMILES string of the molecule is N#Cc1ccc(NCCNC2CCCCCC2)nc1. The van der Waals surface area contributed by atoms with Crippen molar-refractivity contribution in [3.05, 3.63) is 23.9 Å². The molecule has 1 heterocycles. The molecule has 4 heteroatoms. The lowest BCUT2D eigenvalue weighted by molar-refractivity contribution is 0.468. The highest BCUT2D eigenvalue weighted by Gasteiger charge is 2.10. The van der Waals surface area contributed by atoms with Gasteiger partial charge in [0, 0.05) is 25.3 Å². The van der Waals surface area contributed by atoms with Crippen LogP contribution in [-0.2, 0) is 0 Å². The Bertz CT molecular complexity index is 399. The van der Waals surface area contributed by atoms with E-state index in [1.807, 2.05) is 6.07 Å². The number of nitrogens with zero attached hydrogens (tertiary/aromatic N) is 2. The van der Waals surface area contributed by atoms with Gasteiger partial charge in [0.1, 0.15) is 11.9 Å². The van der Waals surface area contributed by atoms with E-state index in [-0.39, 0.29) is 0 Å². The molecule has 1 fully saturated rings. The van der Waals surface area contributed by atoms with Crippen molar-refractivity contribution < 1.29 is 0 Å². The van der Waals surface area contributed by atoms with E-state index in [4.69, 9.17) is 5.26 Å². The van der Waals surface area contributed by atoms with Gasteiger partial charge < -0.3 is 10.6 Å². The number of nitriles is 1. The molecule has 0 radical (unpaired) electrons. The Labute approximate surface area is 115 Å². The minimum Gasteiger partial charge on any atom is -0.369 e. The molecule has 0 aliphatic heterocycles. The molecule has 1 aliphatic rings. The summed E-state index contributed by atoms with van der Waals surface area (Å²) in [4.78, 5) is 4.19. The summed E-state index contributed by atoms with van der Waals surface area (Å²) in [6, 6.07) is 6.40. The summed E-state index contributed by atoms with van der Waals surface area (Å²) in [6.07, 6.45) is 9.74. The van der Waals surface area contributed by atoms with Crippen LogP contribution in [0, 0.1) is 11.3 Å². The number of aromatic nitrogens is 1. The van der Waals surface area contributed by atoms with Crippen LogP contribution in [0.5, 0.6) is 0 Å². The summed E-state index contributed by atoms with van der Waals surface area (Å²) in [5.74, 6) is 0.835. The molecule has 19 heavy (non-hydrogen) atoms. The maximum atomic E-state index is 8.69. The van der Waals surface area contributed by atoms with Crippen LogP contribution in [0.3, 0.4) is 0 Å². The first kappa shape index (κ1) is 13.8. The third-order valence-corrected chi connectivity index (χ3v) is 3.61. The van der Waals surface area contributed by atoms with Crippen molar-refractivity contribution in [1.82, 2.24) is 10.3 Å². The van der Waals surface area contributed by atoms with Crippen molar-refractivity contribution in [2.75, 3.05) is 18.4 Å². The van der Waals surface area contributed by atoms with Crippen molar-refractivity contribution in [2.45, 2.75) is 44.6 Å². The van der Waals surface area contributed by atoms with Crippen LogP contribution in [-0.4, -0.2) is 24.1 Å². The Kier molecular flexibility index (Phi) is 5.64. The third kappa shape index (κ3) is 4.88. The predicted octanol–water partition coefficient (Wildman–Crippen LogP) is 2.68. The molecule has 1 aromatic heterocycles. The zero-order valence-corrected chi connectivity index (χ0v) is 11.4. The largest absolute Gasteiger partial charge is 0.369 e. The van der Waals surface area contributed by atoms with Crippen molar-refractivity contribution in [2.24, 2.45) is 0 Å². The first-order chi connectivity index (χ1) is 9.38. The van der Waals surface area contributed by atoms with Gasteiger partial charge in [-0.15, -0.1) is 0 Å². The summed E-state index contributed by atoms with van der Waals surface area (Å²) >= 11 is 0. The van der Waals surface area contributed by atoms with Crippen molar-refractivity contribution >= 4 is 5.82 Å². The van der Waals surface area contributed by atoms with E-state index in [9.17, 15) is 0 Å². The molecule has 0 saturated heterocycles. The maximum absolute atomic E-state index is 8.69. The van der Waals surface area contributed by atoms with Crippen LogP contribution in [0.2, 0.25) is 0 Å². The quantitative estimate of drug-likeness (QED) is 0.629. The van der Waals surface area contributed by atoms with Crippen LogP contribution in [0.1, 0.15) is 44.1 Å². The maximum Gasteiger partial charge on any atom is 0.126 e. The molecule has 102 valence electrons. The third-order valence-electron chi connectivity index (χ3n) is 3.61. The summed E-state index contributed by atoms with van der Waals surface area (Å²) < 4.78 is 0. The van der Waals surface area contributed by atoms with Crippen molar-refractivity contribution in [3.8, 4) is 6.07 Å². The van der Waals surface area contributed by atoms with E-state index in [1.54, 1.807) is 12.3 Å². The zero-order chi connectivity index (χ0) is 13.3. The summed E-state index contributed by atoms with van der Waals surface area (Å²) in [7, 11) is 0. The molecule has 0 amide bonds. The van der Waals surface area contributed by atoms with Gasteiger partial charge in [-0.1, -0.05) is 25.7 Å². The lowest BCUT2D eigenvalue weighted by Gasteiger charge is -2.16. The van der Waals surface area contributed by atoms with Crippen molar-refractivity contribution in [1.29, 1.82) is 5.26 Å². The Hall–Kier alpha value is -1.60. The highest BCUT2D eigenvalue weighted by Crippen LogP contribution is 2.16. The van der Waals surface area contributed by atoms with Gasteiger partial charge >= 0.3 is 0 Å². The van der Waals surface area contributed by atoms with Crippen molar-refractivity contribution in [3.63, 3.8) is 0 Å². The molecule has 1 saturated carbocycles. The van der Waals surface area contributed by atoms with E-state index in [0.29, 0.717) is 11.6 Å². The van der Waals surface area contributed by atoms with E-state index in [2.05, 4.69) is 21.7 Å². The molecule has 0 unspecified atom stereocenters. The van der Waals surface area contributed by atoms with E-state index >= 15 is 0 Å². The number of hydrogen-bond acceptors (Lipinski definition) is 4. The van der Waals surface area contributed by atoms with Gasteiger partial charge in [-0.3, -0.25) is 0 Å². The average molecular weight is 258 g/mol. The molecule has 2 rings (SSSR count). The second-order valence-corrected chi connectivity index (χ2v) is 5.11. The van der Waals surface area contributed by atoms with Gasteiger partial charge in [-0.2, -0.15) is 5.26 Å². The molecule has 1 aromatic rings. The Morgan fingerprint density at radius 1 is 1.16 bits per heavy atom. The monoisotopic (exact) mass is 258 g/mol. The number of anilines is 1. The minimum atomic E-state index is 0.599. The van der Waals surface area contributed by atoms with Crippen LogP contribution >= 0.6 is 0 Å². The van der Waals surface area contributed by atoms with Crippen LogP contribution in [0.4, 0.5) is 5.82 Å². The molecule has 2 N–H and O–H groups in total. The highest BCUT2D eigenvalue weighted by molar-refractivity contribution is 5.38. The summed E-state index contributed by atoms with van der Waals surface area (Å²) in [5.41, 5.74) is 0.599. The second-order valence-electron chi connectivity index (χ2n) is 5.11. The van der Waals surface area contributed by atoms with Gasteiger partial charge in [-0.25, -0.2) is 4.98 Å². The van der Waals surface area contributed by atoms with Gasteiger partial charge in [0.05, 0.1) is 5.56 Å². The summed E-state index contributed by atoms with van der Waals surface area (Å²) in [6.45, 7) is 1.84. The van der Waals surface area contributed by atoms with E-state index in [0.717, 1.165) is 18.9 Å². The molecule has 0 aromatic carbocycles. The van der Waals surface area contributed by atoms with Crippen LogP contribution in [0.25, 0.3) is 0 Å². The Morgan fingerprint density at radius 3 is 2.58 bits per heavy atom. The molecular weight excluding hydrogens is 236 g/mol. The van der Waals surface area contributed by atoms with Crippen LogP contribution < -0.4 is 10.6 Å². The second kappa shape index (κ2) is 7.75. The topological polar surface area (TPSA) is 60.7 Å². The summed E-state index contributed by atoms with van der Waals surface area (Å²) in [5, 5.41) is 15.6. The molecule has 0 spiro atoms. The smallest absolute Gasteiger partial charge is 0.126 e. The lowest BCUT2D eigenvalue weighted by Crippen LogP contribution is -2.32. The molecule has 4 nitrogen and oxygen atoms in total. The van der Waals surface area contributed by atoms with Gasteiger partial charge in [0.2, 0.25) is 0 Å². The number of nitrogens with one attached hydrogen (secondary N) is 2. The van der Waals surface area contributed by atoms with Gasteiger partial charge in [0.25, 0.3) is 0 Å². The normalized spacial score (nSPS) is 16.6. The fraction of sp³-hybridized carbons (Fsp3) is 0.600. The Morgan fingerprint density at radius 2 is 1.95 bits per heavy atom.